The molecule has 0 aliphatic heterocycles. The Morgan fingerprint density at radius 2 is 1.72 bits per heavy atom. The van der Waals surface area contributed by atoms with E-state index in [0.29, 0.717) is 15.8 Å². The molecule has 0 atom stereocenters. The predicted molar refractivity (Wildman–Crippen MR) is 77.1 cm³/mol. The van der Waals surface area contributed by atoms with Crippen molar-refractivity contribution in [2.24, 2.45) is 4.99 Å². The molecule has 0 spiro atoms. The molecule has 1 aliphatic carbocycles. The number of allylic oxidation sites excluding steroid dienone is 4. The van der Waals surface area contributed by atoms with Crippen LogP contribution in [0.2, 0.25) is 0 Å². The van der Waals surface area contributed by atoms with Gasteiger partial charge in [-0.25, -0.2) is 4.99 Å². The predicted octanol–water partition coefficient (Wildman–Crippen LogP) is 3.45. The summed E-state index contributed by atoms with van der Waals surface area (Å²) in [7, 11) is 0. The van der Waals surface area contributed by atoms with Crippen LogP contribution in [-0.4, -0.2) is 17.4 Å². The lowest BCUT2D eigenvalue weighted by atomic mass is 10.1. The first kappa shape index (κ1) is 13.1. The molecule has 1 amide bonds. The monoisotopic (exact) mass is 367 g/mol. The molecule has 18 heavy (non-hydrogen) atoms. The van der Waals surface area contributed by atoms with Gasteiger partial charge in [0.05, 0.1) is 10.2 Å². The van der Waals surface area contributed by atoms with E-state index in [1.165, 1.54) is 18.2 Å². The van der Waals surface area contributed by atoms with Crippen LogP contribution in [0.3, 0.4) is 0 Å². The van der Waals surface area contributed by atoms with Crippen molar-refractivity contribution in [2.45, 2.75) is 0 Å². The summed E-state index contributed by atoms with van der Waals surface area (Å²) in [6.07, 6.45) is 4.42. The van der Waals surface area contributed by atoms with Gasteiger partial charge in [0, 0.05) is 10.0 Å². The van der Waals surface area contributed by atoms with Gasteiger partial charge in [0.15, 0.2) is 5.78 Å². The van der Waals surface area contributed by atoms with Crippen molar-refractivity contribution in [1.82, 2.24) is 0 Å². The Kier molecular flexibility index (Phi) is 4.04. The third-order valence-electron chi connectivity index (χ3n) is 2.24. The maximum absolute atomic E-state index is 11.8. The average molecular weight is 369 g/mol. The van der Waals surface area contributed by atoms with Crippen molar-refractivity contribution in [3.05, 3.63) is 57.0 Å². The molecule has 0 bridgehead atoms. The number of hydrogen-bond donors (Lipinski definition) is 0. The zero-order chi connectivity index (χ0) is 13.1. The minimum Gasteiger partial charge on any atom is -0.289 e. The molecule has 0 saturated heterocycles. The van der Waals surface area contributed by atoms with Crippen molar-refractivity contribution < 1.29 is 9.59 Å². The third-order valence-corrected chi connectivity index (χ3v) is 3.39. The molecular formula is C13H7Br2NO2. The maximum atomic E-state index is 11.8. The number of amides is 1. The standard InChI is InChI=1S/C13H7Br2NO2/c14-9-3-1-8(2-4-9)13(18)16-10-5-6-12(17)11(15)7-10/h1-7H. The van der Waals surface area contributed by atoms with Gasteiger partial charge >= 0.3 is 0 Å². The fourth-order valence-electron chi connectivity index (χ4n) is 1.33. The van der Waals surface area contributed by atoms with Crippen LogP contribution in [0.1, 0.15) is 10.4 Å². The molecule has 0 radical (unpaired) electrons. The Labute approximate surface area is 121 Å². The third kappa shape index (κ3) is 3.11. The largest absolute Gasteiger partial charge is 0.289 e. The number of halogens is 2. The summed E-state index contributed by atoms with van der Waals surface area (Å²) in [6.45, 7) is 0. The van der Waals surface area contributed by atoms with E-state index in [9.17, 15) is 9.59 Å². The quantitative estimate of drug-likeness (QED) is 0.712. The molecule has 90 valence electrons. The molecule has 0 fully saturated rings. The van der Waals surface area contributed by atoms with Crippen molar-refractivity contribution in [3.8, 4) is 0 Å². The summed E-state index contributed by atoms with van der Waals surface area (Å²) in [6, 6.07) is 6.93. The van der Waals surface area contributed by atoms with Gasteiger partial charge in [-0.2, -0.15) is 0 Å². The number of benzene rings is 1. The van der Waals surface area contributed by atoms with Gasteiger partial charge in [0.2, 0.25) is 0 Å². The van der Waals surface area contributed by atoms with E-state index in [1.807, 2.05) is 0 Å². The van der Waals surface area contributed by atoms with Crippen LogP contribution in [0.15, 0.2) is 56.4 Å². The maximum Gasteiger partial charge on any atom is 0.277 e. The number of carbonyl (C=O) groups is 2. The van der Waals surface area contributed by atoms with Crippen molar-refractivity contribution in [1.29, 1.82) is 0 Å². The zero-order valence-electron chi connectivity index (χ0n) is 9.06. The van der Waals surface area contributed by atoms with Crippen molar-refractivity contribution in [3.63, 3.8) is 0 Å². The molecule has 0 N–H and O–H groups in total. The highest BCUT2D eigenvalue weighted by molar-refractivity contribution is 9.12. The SMILES string of the molecule is O=C1C=CC(=NC(=O)c2ccc(Br)cc2)C=C1Br. The van der Waals surface area contributed by atoms with Crippen LogP contribution in [0.5, 0.6) is 0 Å². The fraction of sp³-hybridized carbons (Fsp3) is 0. The van der Waals surface area contributed by atoms with E-state index >= 15 is 0 Å². The molecule has 2 rings (SSSR count). The normalized spacial score (nSPS) is 16.9. The molecule has 1 aromatic carbocycles. The highest BCUT2D eigenvalue weighted by Crippen LogP contribution is 2.14. The highest BCUT2D eigenvalue weighted by atomic mass is 79.9. The van der Waals surface area contributed by atoms with Crippen LogP contribution < -0.4 is 0 Å². The molecular weight excluding hydrogens is 362 g/mol. The van der Waals surface area contributed by atoms with E-state index in [1.54, 1.807) is 24.3 Å². The number of carbonyl (C=O) groups excluding carboxylic acids is 2. The van der Waals surface area contributed by atoms with Gasteiger partial charge in [0.25, 0.3) is 5.91 Å². The summed E-state index contributed by atoms with van der Waals surface area (Å²) in [5, 5.41) is 0. The van der Waals surface area contributed by atoms with Gasteiger partial charge in [-0.15, -0.1) is 0 Å². The Hall–Kier alpha value is -1.33. The molecule has 0 unspecified atom stereocenters. The lowest BCUT2D eigenvalue weighted by Crippen LogP contribution is -2.06. The second-order valence-corrected chi connectivity index (χ2v) is 5.31. The Balaban J connectivity index is 2.24. The molecule has 0 aromatic heterocycles. The first-order valence-corrected chi connectivity index (χ1v) is 6.63. The van der Waals surface area contributed by atoms with E-state index in [4.69, 9.17) is 0 Å². The van der Waals surface area contributed by atoms with E-state index in [2.05, 4.69) is 36.9 Å². The van der Waals surface area contributed by atoms with Crippen LogP contribution in [0.4, 0.5) is 0 Å². The Morgan fingerprint density at radius 3 is 2.33 bits per heavy atom. The summed E-state index contributed by atoms with van der Waals surface area (Å²) in [4.78, 5) is 27.0. The molecule has 0 heterocycles. The molecule has 0 saturated carbocycles. The zero-order valence-corrected chi connectivity index (χ0v) is 12.2. The number of rotatable bonds is 1. The number of ketones is 1. The molecule has 3 nitrogen and oxygen atoms in total. The minimum atomic E-state index is -0.340. The van der Waals surface area contributed by atoms with Gasteiger partial charge in [-0.05, 0) is 58.4 Å². The fourth-order valence-corrected chi connectivity index (χ4v) is 1.96. The smallest absolute Gasteiger partial charge is 0.277 e. The van der Waals surface area contributed by atoms with Crippen molar-refractivity contribution in [2.75, 3.05) is 0 Å². The molecule has 1 aromatic rings. The summed E-state index contributed by atoms with van der Waals surface area (Å²) in [5.74, 6) is -0.474. The lowest BCUT2D eigenvalue weighted by molar-refractivity contribution is -0.110. The van der Waals surface area contributed by atoms with E-state index in [-0.39, 0.29) is 11.7 Å². The van der Waals surface area contributed by atoms with E-state index < -0.39 is 0 Å². The van der Waals surface area contributed by atoms with Gasteiger partial charge in [0.1, 0.15) is 0 Å². The number of nitrogens with zero attached hydrogens (tertiary/aromatic N) is 1. The summed E-state index contributed by atoms with van der Waals surface area (Å²) in [5.41, 5.74) is 0.954. The molecule has 5 heteroatoms. The Bertz CT molecular complexity index is 598. The van der Waals surface area contributed by atoms with Gasteiger partial charge < -0.3 is 0 Å². The van der Waals surface area contributed by atoms with Crippen LogP contribution in [0, 0.1) is 0 Å². The minimum absolute atomic E-state index is 0.134. The Morgan fingerprint density at radius 1 is 1.06 bits per heavy atom. The van der Waals surface area contributed by atoms with Crippen LogP contribution in [0.25, 0.3) is 0 Å². The van der Waals surface area contributed by atoms with Gasteiger partial charge in [-0.1, -0.05) is 15.9 Å². The van der Waals surface area contributed by atoms with Crippen LogP contribution in [-0.2, 0) is 4.79 Å². The number of hydrogen-bond acceptors (Lipinski definition) is 2. The second kappa shape index (κ2) is 5.54. The first-order valence-electron chi connectivity index (χ1n) is 5.04. The van der Waals surface area contributed by atoms with Gasteiger partial charge in [-0.3, -0.25) is 9.59 Å². The second-order valence-electron chi connectivity index (χ2n) is 3.54. The first-order chi connectivity index (χ1) is 8.56. The topological polar surface area (TPSA) is 46.5 Å². The van der Waals surface area contributed by atoms with Crippen molar-refractivity contribution >= 4 is 49.3 Å². The summed E-state index contributed by atoms with van der Waals surface area (Å²) < 4.78 is 1.30. The summed E-state index contributed by atoms with van der Waals surface area (Å²) >= 11 is 6.41. The molecule has 1 aliphatic rings. The highest BCUT2D eigenvalue weighted by Gasteiger charge is 2.10. The van der Waals surface area contributed by atoms with E-state index in [0.717, 1.165) is 4.47 Å². The number of aliphatic imine (C=N–C) groups is 1. The van der Waals surface area contributed by atoms with Crippen LogP contribution >= 0.6 is 31.9 Å². The lowest BCUT2D eigenvalue weighted by Gasteiger charge is -2.02. The average Bonchev–Trinajstić information content (AvgIpc) is 2.34.